The van der Waals surface area contributed by atoms with E-state index in [0.717, 1.165) is 37.1 Å². The second-order valence-corrected chi connectivity index (χ2v) is 5.42. The van der Waals surface area contributed by atoms with E-state index in [2.05, 4.69) is 10.3 Å². The van der Waals surface area contributed by atoms with Crippen LogP contribution in [0.4, 0.5) is 11.5 Å². The van der Waals surface area contributed by atoms with Gasteiger partial charge in [0.05, 0.1) is 17.5 Å². The largest absolute Gasteiger partial charge is 0.397 e. The fraction of sp³-hybridized carbons (Fsp3) is 0.643. The molecule has 0 atom stereocenters. The molecule has 1 aromatic heterocycles. The normalized spacial score (nSPS) is 19.2. The van der Waals surface area contributed by atoms with Gasteiger partial charge in [-0.1, -0.05) is 25.7 Å². The Labute approximate surface area is 109 Å². The molecule has 1 aliphatic rings. The van der Waals surface area contributed by atoms with E-state index in [1.807, 2.05) is 13.0 Å². The lowest BCUT2D eigenvalue weighted by molar-refractivity contribution is 0.0380. The Morgan fingerprint density at radius 3 is 2.61 bits per heavy atom. The number of aryl methyl sites for hydroxylation is 1. The zero-order valence-corrected chi connectivity index (χ0v) is 11.1. The number of nitrogens with zero attached hydrogens (tertiary/aromatic N) is 1. The lowest BCUT2D eigenvalue weighted by Crippen LogP contribution is -2.36. The van der Waals surface area contributed by atoms with Crippen LogP contribution in [0.3, 0.4) is 0 Å². The van der Waals surface area contributed by atoms with Crippen LogP contribution in [-0.4, -0.2) is 22.2 Å². The van der Waals surface area contributed by atoms with Gasteiger partial charge in [0.25, 0.3) is 0 Å². The number of pyridine rings is 1. The van der Waals surface area contributed by atoms with Gasteiger partial charge in [-0.05, 0) is 31.4 Å². The molecule has 0 unspecified atom stereocenters. The maximum Gasteiger partial charge on any atom is 0.126 e. The second-order valence-electron chi connectivity index (χ2n) is 5.42. The van der Waals surface area contributed by atoms with Crippen LogP contribution in [-0.2, 0) is 0 Å². The first-order chi connectivity index (χ1) is 8.59. The van der Waals surface area contributed by atoms with E-state index in [-0.39, 0.29) is 0 Å². The van der Waals surface area contributed by atoms with Crippen LogP contribution in [0, 0.1) is 6.92 Å². The highest BCUT2D eigenvalue weighted by Gasteiger charge is 2.27. The Hall–Kier alpha value is -1.29. The van der Waals surface area contributed by atoms with Crippen molar-refractivity contribution in [2.75, 3.05) is 17.6 Å². The zero-order chi connectivity index (χ0) is 13.0. The molecule has 2 rings (SSSR count). The average molecular weight is 249 g/mol. The molecule has 4 N–H and O–H groups in total. The molecule has 0 amide bonds. The van der Waals surface area contributed by atoms with Gasteiger partial charge in [-0.3, -0.25) is 0 Å². The summed E-state index contributed by atoms with van der Waals surface area (Å²) in [5, 5.41) is 13.8. The van der Waals surface area contributed by atoms with Crippen LogP contribution in [0.15, 0.2) is 12.3 Å². The minimum atomic E-state index is -0.576. The molecule has 0 saturated heterocycles. The van der Waals surface area contributed by atoms with Crippen LogP contribution in [0.2, 0.25) is 0 Å². The van der Waals surface area contributed by atoms with Crippen molar-refractivity contribution in [3.05, 3.63) is 17.8 Å². The summed E-state index contributed by atoms with van der Waals surface area (Å²) in [6.07, 6.45) is 8.14. The first-order valence-corrected chi connectivity index (χ1v) is 6.77. The summed E-state index contributed by atoms with van der Waals surface area (Å²) in [5.41, 5.74) is 6.88. The van der Waals surface area contributed by atoms with E-state index in [1.165, 1.54) is 12.8 Å². The minimum Gasteiger partial charge on any atom is -0.397 e. The fourth-order valence-corrected chi connectivity index (χ4v) is 2.48. The molecule has 4 heteroatoms. The number of rotatable bonds is 3. The molecule has 18 heavy (non-hydrogen) atoms. The van der Waals surface area contributed by atoms with Crippen molar-refractivity contribution in [1.82, 2.24) is 4.98 Å². The number of nitrogens with two attached hydrogens (primary N) is 1. The topological polar surface area (TPSA) is 71.2 Å². The molecule has 100 valence electrons. The molecular weight excluding hydrogens is 226 g/mol. The third-order valence-corrected chi connectivity index (χ3v) is 3.78. The summed E-state index contributed by atoms with van der Waals surface area (Å²) >= 11 is 0. The van der Waals surface area contributed by atoms with Gasteiger partial charge in [0.2, 0.25) is 0 Å². The van der Waals surface area contributed by atoms with Crippen molar-refractivity contribution in [3.63, 3.8) is 0 Å². The van der Waals surface area contributed by atoms with Crippen molar-refractivity contribution in [2.45, 2.75) is 51.0 Å². The molecule has 1 heterocycles. The smallest absolute Gasteiger partial charge is 0.126 e. The SMILES string of the molecule is Cc1cc(NCC2(O)CCCCCC2)ncc1N. The Bertz CT molecular complexity index is 398. The highest BCUT2D eigenvalue weighted by molar-refractivity contribution is 5.50. The number of hydrogen-bond acceptors (Lipinski definition) is 4. The fourth-order valence-electron chi connectivity index (χ4n) is 2.48. The van der Waals surface area contributed by atoms with E-state index >= 15 is 0 Å². The van der Waals surface area contributed by atoms with E-state index < -0.39 is 5.60 Å². The van der Waals surface area contributed by atoms with Crippen LogP contribution in [0.1, 0.15) is 44.1 Å². The average Bonchev–Trinajstić information content (AvgIpc) is 2.56. The van der Waals surface area contributed by atoms with Gasteiger partial charge < -0.3 is 16.2 Å². The first-order valence-electron chi connectivity index (χ1n) is 6.77. The van der Waals surface area contributed by atoms with Gasteiger partial charge in [0, 0.05) is 6.54 Å². The summed E-state index contributed by atoms with van der Waals surface area (Å²) in [6.45, 7) is 2.53. The van der Waals surface area contributed by atoms with Gasteiger partial charge >= 0.3 is 0 Å². The molecule has 4 nitrogen and oxygen atoms in total. The Balaban J connectivity index is 1.95. The molecule has 1 fully saturated rings. The standard InChI is InChI=1S/C14H23N3O/c1-11-8-13(16-9-12(11)15)17-10-14(18)6-4-2-3-5-7-14/h8-9,18H,2-7,10,15H2,1H3,(H,16,17). The molecule has 1 aliphatic carbocycles. The molecule has 0 spiro atoms. The van der Waals surface area contributed by atoms with Gasteiger partial charge in [0.15, 0.2) is 0 Å². The van der Waals surface area contributed by atoms with Crippen LogP contribution >= 0.6 is 0 Å². The summed E-state index contributed by atoms with van der Waals surface area (Å²) in [5.74, 6) is 0.791. The molecule has 1 saturated carbocycles. The highest BCUT2D eigenvalue weighted by atomic mass is 16.3. The first kappa shape index (κ1) is 13.1. The quantitative estimate of drug-likeness (QED) is 0.720. The lowest BCUT2D eigenvalue weighted by Gasteiger charge is -2.27. The Kier molecular flexibility index (Phi) is 4.07. The number of aromatic nitrogens is 1. The Morgan fingerprint density at radius 1 is 1.33 bits per heavy atom. The summed E-state index contributed by atoms with van der Waals surface area (Å²) in [6, 6.07) is 1.93. The lowest BCUT2D eigenvalue weighted by atomic mass is 9.94. The molecule has 0 radical (unpaired) electrons. The molecular formula is C14H23N3O. The molecule has 1 aromatic rings. The molecule has 0 aliphatic heterocycles. The van der Waals surface area contributed by atoms with Crippen molar-refractivity contribution in [3.8, 4) is 0 Å². The predicted molar refractivity (Wildman–Crippen MR) is 74.5 cm³/mol. The minimum absolute atomic E-state index is 0.573. The third kappa shape index (κ3) is 3.35. The van der Waals surface area contributed by atoms with E-state index in [4.69, 9.17) is 5.73 Å². The van der Waals surface area contributed by atoms with E-state index in [0.29, 0.717) is 12.2 Å². The summed E-state index contributed by atoms with van der Waals surface area (Å²) < 4.78 is 0. The number of anilines is 2. The van der Waals surface area contributed by atoms with Gasteiger partial charge in [-0.15, -0.1) is 0 Å². The monoisotopic (exact) mass is 249 g/mol. The number of aliphatic hydroxyl groups is 1. The van der Waals surface area contributed by atoms with Gasteiger partial charge in [0.1, 0.15) is 5.82 Å². The van der Waals surface area contributed by atoms with Crippen LogP contribution < -0.4 is 11.1 Å². The van der Waals surface area contributed by atoms with Crippen LogP contribution in [0.5, 0.6) is 0 Å². The molecule has 0 aromatic carbocycles. The molecule has 0 bridgehead atoms. The number of nitrogens with one attached hydrogen (secondary N) is 1. The Morgan fingerprint density at radius 2 is 2.00 bits per heavy atom. The van der Waals surface area contributed by atoms with Crippen molar-refractivity contribution >= 4 is 11.5 Å². The third-order valence-electron chi connectivity index (χ3n) is 3.78. The van der Waals surface area contributed by atoms with Crippen molar-refractivity contribution < 1.29 is 5.11 Å². The van der Waals surface area contributed by atoms with Crippen molar-refractivity contribution in [1.29, 1.82) is 0 Å². The number of nitrogen functional groups attached to an aromatic ring is 1. The van der Waals surface area contributed by atoms with E-state index in [1.54, 1.807) is 6.20 Å². The second kappa shape index (κ2) is 5.57. The van der Waals surface area contributed by atoms with Gasteiger partial charge in [-0.25, -0.2) is 4.98 Å². The maximum atomic E-state index is 10.5. The van der Waals surface area contributed by atoms with E-state index in [9.17, 15) is 5.11 Å². The number of hydrogen-bond donors (Lipinski definition) is 3. The highest BCUT2D eigenvalue weighted by Crippen LogP contribution is 2.27. The maximum absolute atomic E-state index is 10.5. The summed E-state index contributed by atoms with van der Waals surface area (Å²) in [7, 11) is 0. The zero-order valence-electron chi connectivity index (χ0n) is 11.1. The summed E-state index contributed by atoms with van der Waals surface area (Å²) in [4.78, 5) is 4.23. The van der Waals surface area contributed by atoms with Gasteiger partial charge in [-0.2, -0.15) is 0 Å². The van der Waals surface area contributed by atoms with Crippen LogP contribution in [0.25, 0.3) is 0 Å². The van der Waals surface area contributed by atoms with Crippen molar-refractivity contribution in [2.24, 2.45) is 0 Å². The predicted octanol–water partition coefficient (Wildman–Crippen LogP) is 2.47.